The van der Waals surface area contributed by atoms with Crippen molar-refractivity contribution in [2.24, 2.45) is 0 Å². The van der Waals surface area contributed by atoms with Crippen LogP contribution in [-0.2, 0) is 6.54 Å². The van der Waals surface area contributed by atoms with E-state index in [4.69, 9.17) is 4.74 Å². The number of nitrogens with one attached hydrogen (secondary N) is 1. The second-order valence-electron chi connectivity index (χ2n) is 4.63. The van der Waals surface area contributed by atoms with E-state index in [-0.39, 0.29) is 0 Å². The Morgan fingerprint density at radius 2 is 2.12 bits per heavy atom. The van der Waals surface area contributed by atoms with E-state index in [1.807, 2.05) is 0 Å². The molecule has 3 heteroatoms. The first-order chi connectivity index (χ1) is 8.24. The average molecular weight is 228 g/mol. The smallest absolute Gasteiger partial charge is 0.218 e. The van der Waals surface area contributed by atoms with Gasteiger partial charge in [-0.25, -0.2) is 4.98 Å². The molecule has 0 unspecified atom stereocenters. The Balaban J connectivity index is 2.25. The van der Waals surface area contributed by atoms with E-state index in [1.165, 1.54) is 16.5 Å². The summed E-state index contributed by atoms with van der Waals surface area (Å²) in [6.45, 7) is 6.63. The molecule has 0 saturated heterocycles. The number of rotatable bonds is 0. The van der Waals surface area contributed by atoms with Crippen molar-refractivity contribution >= 4 is 10.9 Å². The second-order valence-corrected chi connectivity index (χ2v) is 4.63. The lowest BCUT2D eigenvalue weighted by atomic mass is 10.1. The van der Waals surface area contributed by atoms with E-state index in [0.717, 1.165) is 30.0 Å². The number of aryl methyl sites for hydroxylation is 2. The number of ether oxygens (including phenoxy) is 1. The number of nitrogens with zero attached hydrogens (tertiary/aromatic N) is 1. The number of pyridine rings is 1. The van der Waals surface area contributed by atoms with Crippen LogP contribution in [-0.4, -0.2) is 18.1 Å². The summed E-state index contributed by atoms with van der Waals surface area (Å²) in [5, 5.41) is 4.53. The van der Waals surface area contributed by atoms with E-state index in [9.17, 15) is 0 Å². The van der Waals surface area contributed by atoms with Gasteiger partial charge in [-0.2, -0.15) is 0 Å². The van der Waals surface area contributed by atoms with E-state index >= 15 is 0 Å². The summed E-state index contributed by atoms with van der Waals surface area (Å²) in [5.41, 5.74) is 4.69. The lowest BCUT2D eigenvalue weighted by molar-refractivity contribution is 0.315. The van der Waals surface area contributed by atoms with Crippen LogP contribution in [0.2, 0.25) is 0 Å². The highest BCUT2D eigenvalue weighted by Gasteiger charge is 2.12. The molecule has 1 aliphatic heterocycles. The maximum atomic E-state index is 5.67. The predicted octanol–water partition coefficient (Wildman–Crippen LogP) is 2.33. The Hall–Kier alpha value is -1.61. The third kappa shape index (κ3) is 1.87. The van der Waals surface area contributed by atoms with Crippen LogP contribution in [0.4, 0.5) is 0 Å². The summed E-state index contributed by atoms with van der Waals surface area (Å²) >= 11 is 0. The van der Waals surface area contributed by atoms with Gasteiger partial charge < -0.3 is 10.1 Å². The zero-order valence-corrected chi connectivity index (χ0v) is 10.2. The van der Waals surface area contributed by atoms with Crippen molar-refractivity contribution < 1.29 is 4.74 Å². The molecule has 1 N–H and O–H groups in total. The summed E-state index contributed by atoms with van der Waals surface area (Å²) < 4.78 is 5.67. The first-order valence-electron chi connectivity index (χ1n) is 5.98. The Kier molecular flexibility index (Phi) is 2.48. The van der Waals surface area contributed by atoms with Gasteiger partial charge in [-0.15, -0.1) is 0 Å². The molecule has 0 fully saturated rings. The van der Waals surface area contributed by atoms with Gasteiger partial charge in [0.25, 0.3) is 0 Å². The average Bonchev–Trinajstić information content (AvgIpc) is 2.51. The summed E-state index contributed by atoms with van der Waals surface area (Å²) in [6.07, 6.45) is 0. The third-order valence-corrected chi connectivity index (χ3v) is 3.13. The van der Waals surface area contributed by atoms with Crippen molar-refractivity contribution in [1.82, 2.24) is 10.3 Å². The van der Waals surface area contributed by atoms with E-state index in [1.54, 1.807) is 0 Å². The fraction of sp³-hybridized carbons (Fsp3) is 0.357. The molecule has 3 rings (SSSR count). The quantitative estimate of drug-likeness (QED) is 0.751. The molecular formula is C14H16N2O. The standard InChI is InChI=1S/C14H16N2O/c1-9-5-10(2)13-11(6-9)7-12-8-15-3-4-17-14(12)16-13/h5-7,15H,3-4,8H2,1-2H3. The molecular weight excluding hydrogens is 212 g/mol. The maximum absolute atomic E-state index is 5.67. The molecule has 0 atom stereocenters. The highest BCUT2D eigenvalue weighted by Crippen LogP contribution is 2.26. The lowest BCUT2D eigenvalue weighted by Gasteiger charge is -2.09. The summed E-state index contributed by atoms with van der Waals surface area (Å²) in [4.78, 5) is 4.65. The van der Waals surface area contributed by atoms with Crippen molar-refractivity contribution in [2.75, 3.05) is 13.2 Å². The number of aromatic nitrogens is 1. The number of benzene rings is 1. The van der Waals surface area contributed by atoms with E-state index in [2.05, 4.69) is 42.3 Å². The van der Waals surface area contributed by atoms with Gasteiger partial charge in [0.1, 0.15) is 6.61 Å². The molecule has 0 radical (unpaired) electrons. The molecule has 0 saturated carbocycles. The van der Waals surface area contributed by atoms with Crippen LogP contribution in [0.25, 0.3) is 10.9 Å². The van der Waals surface area contributed by atoms with Gasteiger partial charge in [-0.1, -0.05) is 11.6 Å². The Morgan fingerprint density at radius 1 is 1.24 bits per heavy atom. The number of hydrogen-bond acceptors (Lipinski definition) is 3. The maximum Gasteiger partial charge on any atom is 0.218 e. The minimum atomic E-state index is 0.691. The van der Waals surface area contributed by atoms with Crippen molar-refractivity contribution in [3.8, 4) is 5.88 Å². The minimum absolute atomic E-state index is 0.691. The predicted molar refractivity (Wildman–Crippen MR) is 68.4 cm³/mol. The van der Waals surface area contributed by atoms with Crippen LogP contribution < -0.4 is 10.1 Å². The highest BCUT2D eigenvalue weighted by atomic mass is 16.5. The molecule has 3 nitrogen and oxygen atoms in total. The first kappa shape index (κ1) is 10.5. The van der Waals surface area contributed by atoms with Crippen molar-refractivity contribution in [3.63, 3.8) is 0 Å². The highest BCUT2D eigenvalue weighted by molar-refractivity contribution is 5.84. The fourth-order valence-electron chi connectivity index (χ4n) is 2.37. The summed E-state index contributed by atoms with van der Waals surface area (Å²) in [5.74, 6) is 0.787. The van der Waals surface area contributed by atoms with Gasteiger partial charge in [-0.3, -0.25) is 0 Å². The van der Waals surface area contributed by atoms with E-state index in [0.29, 0.717) is 6.61 Å². The molecule has 1 aliphatic rings. The second kappa shape index (κ2) is 4.00. The normalized spacial score (nSPS) is 15.2. The topological polar surface area (TPSA) is 34.2 Å². The molecule has 0 aliphatic carbocycles. The molecule has 0 amide bonds. The molecule has 0 spiro atoms. The van der Waals surface area contributed by atoms with Gasteiger partial charge in [-0.05, 0) is 31.5 Å². The van der Waals surface area contributed by atoms with Crippen LogP contribution >= 0.6 is 0 Å². The SMILES string of the molecule is Cc1cc(C)c2nc3c(cc2c1)CNCCO3. The molecule has 2 aromatic rings. The van der Waals surface area contributed by atoms with Gasteiger partial charge in [0.05, 0.1) is 5.52 Å². The van der Waals surface area contributed by atoms with Gasteiger partial charge in [0.2, 0.25) is 5.88 Å². The lowest BCUT2D eigenvalue weighted by Crippen LogP contribution is -2.16. The van der Waals surface area contributed by atoms with Gasteiger partial charge in [0, 0.05) is 24.0 Å². The van der Waals surface area contributed by atoms with Crippen LogP contribution in [0.5, 0.6) is 5.88 Å². The number of fused-ring (bicyclic) bond motifs is 2. The zero-order chi connectivity index (χ0) is 11.8. The Bertz CT molecular complexity index is 578. The minimum Gasteiger partial charge on any atom is -0.476 e. The third-order valence-electron chi connectivity index (χ3n) is 3.13. The van der Waals surface area contributed by atoms with Crippen molar-refractivity contribution in [3.05, 3.63) is 34.9 Å². The monoisotopic (exact) mass is 228 g/mol. The zero-order valence-electron chi connectivity index (χ0n) is 10.2. The fourth-order valence-corrected chi connectivity index (χ4v) is 2.37. The van der Waals surface area contributed by atoms with Crippen LogP contribution in [0, 0.1) is 13.8 Å². The molecule has 17 heavy (non-hydrogen) atoms. The van der Waals surface area contributed by atoms with Gasteiger partial charge >= 0.3 is 0 Å². The largest absolute Gasteiger partial charge is 0.476 e. The van der Waals surface area contributed by atoms with Crippen LogP contribution in [0.15, 0.2) is 18.2 Å². The summed E-state index contributed by atoms with van der Waals surface area (Å²) in [7, 11) is 0. The Labute approximate surface area is 101 Å². The number of hydrogen-bond donors (Lipinski definition) is 1. The van der Waals surface area contributed by atoms with E-state index < -0.39 is 0 Å². The summed E-state index contributed by atoms with van der Waals surface area (Å²) in [6, 6.07) is 6.53. The van der Waals surface area contributed by atoms with Crippen molar-refractivity contribution in [1.29, 1.82) is 0 Å². The molecule has 88 valence electrons. The van der Waals surface area contributed by atoms with Crippen LogP contribution in [0.1, 0.15) is 16.7 Å². The molecule has 1 aromatic carbocycles. The molecule has 1 aromatic heterocycles. The first-order valence-corrected chi connectivity index (χ1v) is 5.98. The molecule has 2 heterocycles. The Morgan fingerprint density at radius 3 is 3.00 bits per heavy atom. The van der Waals surface area contributed by atoms with Crippen LogP contribution in [0.3, 0.4) is 0 Å². The van der Waals surface area contributed by atoms with Gasteiger partial charge in [0.15, 0.2) is 0 Å². The molecule has 0 bridgehead atoms. The van der Waals surface area contributed by atoms with Crippen molar-refractivity contribution in [2.45, 2.75) is 20.4 Å².